The van der Waals surface area contributed by atoms with Crippen molar-refractivity contribution in [2.75, 3.05) is 24.6 Å². The molecule has 0 bridgehead atoms. The molecule has 10 heavy (non-hydrogen) atoms. The Labute approximate surface area is 61.7 Å². The smallest absolute Gasteiger partial charge is 0.150 e. The molecule has 0 aliphatic carbocycles. The molecule has 0 radical (unpaired) electrons. The largest absolute Gasteiger partial charge is 0.317 e. The summed E-state index contributed by atoms with van der Waals surface area (Å²) in [5.41, 5.74) is 0. The van der Waals surface area contributed by atoms with Crippen molar-refractivity contribution in [3.63, 3.8) is 0 Å². The molecule has 1 fully saturated rings. The highest BCUT2D eigenvalue weighted by atomic mass is 32.2. The third-order valence-corrected chi connectivity index (χ3v) is 3.44. The average Bonchev–Trinajstić information content (AvgIpc) is 1.81. The zero-order valence-electron chi connectivity index (χ0n) is 5.97. The van der Waals surface area contributed by atoms with Gasteiger partial charge < -0.3 is 5.32 Å². The Morgan fingerprint density at radius 3 is 2.00 bits per heavy atom. The molecule has 0 aromatic carbocycles. The fourth-order valence-corrected chi connectivity index (χ4v) is 2.43. The van der Waals surface area contributed by atoms with E-state index >= 15 is 0 Å². The summed E-state index contributed by atoms with van der Waals surface area (Å²) in [7, 11) is -2.68. The van der Waals surface area contributed by atoms with Gasteiger partial charge in [0.1, 0.15) is 9.84 Å². The van der Waals surface area contributed by atoms with Crippen LogP contribution >= 0.6 is 0 Å². The van der Waals surface area contributed by atoms with Crippen LogP contribution in [0, 0.1) is 0 Å². The topological polar surface area (TPSA) is 46.2 Å². The van der Waals surface area contributed by atoms with Gasteiger partial charge in [-0.3, -0.25) is 0 Å². The number of nitrogens with one attached hydrogen (secondary N) is 1. The number of sulfone groups is 1. The van der Waals surface area contributed by atoms with Crippen LogP contribution in [0.5, 0.6) is 0 Å². The van der Waals surface area contributed by atoms with Gasteiger partial charge in [0, 0.05) is 0 Å². The first kappa shape index (κ1) is 8.01. The summed E-state index contributed by atoms with van der Waals surface area (Å²) in [4.78, 5) is 0. The number of hydrogen-bond donors (Lipinski definition) is 1. The number of hydrogen-bond acceptors (Lipinski definition) is 3. The van der Waals surface area contributed by atoms with E-state index in [2.05, 4.69) is 5.32 Å². The zero-order chi connectivity index (χ0) is 7.45. The van der Waals surface area contributed by atoms with E-state index in [0.717, 1.165) is 25.9 Å². The lowest BCUT2D eigenvalue weighted by Crippen LogP contribution is -2.26. The van der Waals surface area contributed by atoms with E-state index in [4.69, 9.17) is 0 Å². The Bertz CT molecular complexity index is 172. The first-order valence-corrected chi connectivity index (χ1v) is 5.44. The maximum absolute atomic E-state index is 11.0. The van der Waals surface area contributed by atoms with Crippen molar-refractivity contribution >= 4 is 9.84 Å². The maximum Gasteiger partial charge on any atom is 0.150 e. The predicted octanol–water partition coefficient (Wildman–Crippen LogP) is -0.215. The SMILES string of the molecule is O=S1(=O)CCCNCCC1. The van der Waals surface area contributed by atoms with Gasteiger partial charge in [0.15, 0.2) is 0 Å². The van der Waals surface area contributed by atoms with Gasteiger partial charge in [-0.15, -0.1) is 0 Å². The molecule has 0 aromatic heterocycles. The van der Waals surface area contributed by atoms with Crippen molar-refractivity contribution in [3.8, 4) is 0 Å². The number of rotatable bonds is 0. The molecule has 1 heterocycles. The lowest BCUT2D eigenvalue weighted by atomic mass is 10.4. The third-order valence-electron chi connectivity index (χ3n) is 1.62. The second-order valence-corrected chi connectivity index (χ2v) is 4.91. The van der Waals surface area contributed by atoms with Crippen LogP contribution in [0.3, 0.4) is 0 Å². The van der Waals surface area contributed by atoms with Gasteiger partial charge in [0.2, 0.25) is 0 Å². The lowest BCUT2D eigenvalue weighted by molar-refractivity contribution is 0.572. The minimum Gasteiger partial charge on any atom is -0.317 e. The summed E-state index contributed by atoms with van der Waals surface area (Å²) in [6.45, 7) is 1.69. The first-order chi connectivity index (χ1) is 4.71. The van der Waals surface area contributed by atoms with Crippen LogP contribution < -0.4 is 5.32 Å². The van der Waals surface area contributed by atoms with Crippen LogP contribution in [0.15, 0.2) is 0 Å². The Kier molecular flexibility index (Phi) is 2.68. The van der Waals surface area contributed by atoms with Crippen LogP contribution in [0.4, 0.5) is 0 Å². The van der Waals surface area contributed by atoms with Gasteiger partial charge in [-0.1, -0.05) is 0 Å². The van der Waals surface area contributed by atoms with Crippen molar-refractivity contribution in [2.24, 2.45) is 0 Å². The molecule has 1 rings (SSSR count). The molecular weight excluding hydrogens is 150 g/mol. The van der Waals surface area contributed by atoms with Crippen molar-refractivity contribution in [3.05, 3.63) is 0 Å². The average molecular weight is 163 g/mol. The van der Waals surface area contributed by atoms with Gasteiger partial charge in [-0.25, -0.2) is 8.42 Å². The van der Waals surface area contributed by atoms with Gasteiger partial charge >= 0.3 is 0 Å². The molecule has 0 atom stereocenters. The Hall–Kier alpha value is -0.0900. The Morgan fingerprint density at radius 2 is 1.50 bits per heavy atom. The van der Waals surface area contributed by atoms with Crippen LogP contribution in [0.25, 0.3) is 0 Å². The molecule has 0 aromatic rings. The highest BCUT2D eigenvalue weighted by Crippen LogP contribution is 1.98. The van der Waals surface area contributed by atoms with Crippen molar-refractivity contribution < 1.29 is 8.42 Å². The van der Waals surface area contributed by atoms with Gasteiger partial charge in [-0.2, -0.15) is 0 Å². The van der Waals surface area contributed by atoms with Crippen LogP contribution in [-0.4, -0.2) is 33.0 Å². The molecule has 1 saturated heterocycles. The van der Waals surface area contributed by atoms with E-state index in [1.54, 1.807) is 0 Å². The van der Waals surface area contributed by atoms with Gasteiger partial charge in [-0.05, 0) is 25.9 Å². The summed E-state index contributed by atoms with van der Waals surface area (Å²) in [6.07, 6.45) is 1.53. The second kappa shape index (κ2) is 3.34. The highest BCUT2D eigenvalue weighted by Gasteiger charge is 2.11. The molecule has 60 valence electrons. The fraction of sp³-hybridized carbons (Fsp3) is 1.00. The van der Waals surface area contributed by atoms with E-state index in [9.17, 15) is 8.42 Å². The molecule has 1 aliphatic heterocycles. The second-order valence-electron chi connectivity index (χ2n) is 2.61. The minimum absolute atomic E-state index is 0.361. The molecule has 1 N–H and O–H groups in total. The molecule has 4 heteroatoms. The standard InChI is InChI=1S/C6H13NO2S/c8-10(9)5-1-3-7-4-2-6-10/h7H,1-6H2. The minimum atomic E-state index is -2.68. The van der Waals surface area contributed by atoms with Crippen LogP contribution in [0.1, 0.15) is 12.8 Å². The fourth-order valence-electron chi connectivity index (χ4n) is 1.06. The summed E-state index contributed by atoms with van der Waals surface area (Å²) in [5.74, 6) is 0.722. The Balaban J connectivity index is 2.46. The monoisotopic (exact) mass is 163 g/mol. The molecule has 0 spiro atoms. The van der Waals surface area contributed by atoms with Gasteiger partial charge in [0.25, 0.3) is 0 Å². The summed E-state index contributed by atoms with van der Waals surface area (Å²) < 4.78 is 22.0. The molecule has 0 amide bonds. The highest BCUT2D eigenvalue weighted by molar-refractivity contribution is 7.91. The van der Waals surface area contributed by atoms with Crippen LogP contribution in [-0.2, 0) is 9.84 Å². The molecular formula is C6H13NO2S. The van der Waals surface area contributed by atoms with Crippen molar-refractivity contribution in [1.82, 2.24) is 5.32 Å². The van der Waals surface area contributed by atoms with E-state index < -0.39 is 9.84 Å². The Morgan fingerprint density at radius 1 is 1.00 bits per heavy atom. The molecule has 3 nitrogen and oxygen atoms in total. The quantitative estimate of drug-likeness (QED) is 0.537. The van der Waals surface area contributed by atoms with E-state index in [0.29, 0.717) is 11.5 Å². The van der Waals surface area contributed by atoms with Crippen molar-refractivity contribution in [1.29, 1.82) is 0 Å². The van der Waals surface area contributed by atoms with E-state index in [-0.39, 0.29) is 0 Å². The van der Waals surface area contributed by atoms with E-state index in [1.165, 1.54) is 0 Å². The van der Waals surface area contributed by atoms with E-state index in [1.807, 2.05) is 0 Å². The summed E-state index contributed by atoms with van der Waals surface area (Å²) in [5, 5.41) is 3.16. The predicted molar refractivity (Wildman–Crippen MR) is 40.8 cm³/mol. The van der Waals surface area contributed by atoms with Crippen LogP contribution in [0.2, 0.25) is 0 Å². The van der Waals surface area contributed by atoms with Crippen molar-refractivity contribution in [2.45, 2.75) is 12.8 Å². The molecule has 0 unspecified atom stereocenters. The summed E-state index contributed by atoms with van der Waals surface area (Å²) in [6, 6.07) is 0. The normalized spacial score (nSPS) is 26.8. The van der Waals surface area contributed by atoms with Gasteiger partial charge in [0.05, 0.1) is 11.5 Å². The lowest BCUT2D eigenvalue weighted by Gasteiger charge is -2.09. The zero-order valence-corrected chi connectivity index (χ0v) is 6.78. The molecule has 0 saturated carbocycles. The maximum atomic E-state index is 11.0. The summed E-state index contributed by atoms with van der Waals surface area (Å²) >= 11 is 0. The molecule has 1 aliphatic rings. The third kappa shape index (κ3) is 2.66. The first-order valence-electron chi connectivity index (χ1n) is 3.62.